The minimum absolute atomic E-state index is 0.583. The number of rotatable bonds is 3. The zero-order valence-electron chi connectivity index (χ0n) is 9.35. The summed E-state index contributed by atoms with van der Waals surface area (Å²) < 4.78 is 1.99. The molecule has 0 aliphatic heterocycles. The minimum Gasteiger partial charge on any atom is -0.346 e. The van der Waals surface area contributed by atoms with Crippen molar-refractivity contribution in [1.29, 1.82) is 0 Å². The van der Waals surface area contributed by atoms with E-state index in [4.69, 9.17) is 5.73 Å². The van der Waals surface area contributed by atoms with Gasteiger partial charge < -0.3 is 15.3 Å². The van der Waals surface area contributed by atoms with Gasteiger partial charge in [0.25, 0.3) is 0 Å². The van der Waals surface area contributed by atoms with Gasteiger partial charge in [0.2, 0.25) is 0 Å². The van der Waals surface area contributed by atoms with Crippen molar-refractivity contribution in [2.24, 2.45) is 5.73 Å². The Morgan fingerprint density at radius 3 is 3.18 bits per heavy atom. The number of imidazole rings is 1. The summed E-state index contributed by atoms with van der Waals surface area (Å²) in [5.74, 6) is 0. The number of nitrogens with zero attached hydrogens (tertiary/aromatic N) is 3. The second-order valence-corrected chi connectivity index (χ2v) is 3.95. The van der Waals surface area contributed by atoms with Gasteiger partial charge in [0.1, 0.15) is 17.5 Å². The minimum atomic E-state index is 0.583. The fourth-order valence-electron chi connectivity index (χ4n) is 2.04. The third kappa shape index (κ3) is 1.43. The lowest BCUT2D eigenvalue weighted by Gasteiger charge is -2.06. The van der Waals surface area contributed by atoms with Gasteiger partial charge in [-0.15, -0.1) is 0 Å². The summed E-state index contributed by atoms with van der Waals surface area (Å²) in [6.07, 6.45) is 6.16. The molecule has 0 amide bonds. The number of aromatic nitrogens is 4. The van der Waals surface area contributed by atoms with E-state index in [2.05, 4.69) is 21.5 Å². The van der Waals surface area contributed by atoms with Crippen LogP contribution in [0.25, 0.3) is 27.8 Å². The van der Waals surface area contributed by atoms with Crippen molar-refractivity contribution in [3.8, 4) is 0 Å². The monoisotopic (exact) mass is 227 g/mol. The molecule has 5 heteroatoms. The number of nitrogens with two attached hydrogens (primary N) is 1. The van der Waals surface area contributed by atoms with E-state index < -0.39 is 0 Å². The fraction of sp³-hybridized carbons (Fsp3) is 0.167. The number of aromatic amines is 1. The molecule has 0 atom stereocenters. The van der Waals surface area contributed by atoms with Crippen LogP contribution in [-0.4, -0.2) is 26.1 Å². The Morgan fingerprint density at radius 1 is 1.47 bits per heavy atom. The molecular formula is C12H13N5. The van der Waals surface area contributed by atoms with Crippen molar-refractivity contribution in [1.82, 2.24) is 19.5 Å². The molecule has 0 aliphatic rings. The Hall–Kier alpha value is -2.14. The molecule has 0 bridgehead atoms. The zero-order chi connectivity index (χ0) is 11.8. The van der Waals surface area contributed by atoms with Crippen LogP contribution in [0.1, 0.15) is 6.42 Å². The highest BCUT2D eigenvalue weighted by atomic mass is 15.1. The van der Waals surface area contributed by atoms with E-state index >= 15 is 0 Å². The normalized spacial score (nSPS) is 11.4. The number of fused-ring (bicyclic) bond motifs is 3. The van der Waals surface area contributed by atoms with E-state index in [1.165, 1.54) is 0 Å². The number of hydrogen-bond donors (Lipinski definition) is 2. The van der Waals surface area contributed by atoms with Gasteiger partial charge in [-0.2, -0.15) is 0 Å². The van der Waals surface area contributed by atoms with Gasteiger partial charge in [0.15, 0.2) is 0 Å². The lowest BCUT2D eigenvalue weighted by molar-refractivity contribution is 0.952. The predicted octanol–water partition coefficient (Wildman–Crippen LogP) is 1.73. The Morgan fingerprint density at radius 2 is 2.35 bits per heavy atom. The van der Waals surface area contributed by atoms with Crippen LogP contribution in [0.2, 0.25) is 0 Å². The van der Waals surface area contributed by atoms with E-state index in [1.54, 1.807) is 12.5 Å². The molecular weight excluding hydrogens is 214 g/mol. The van der Waals surface area contributed by atoms with Gasteiger partial charge in [-0.3, -0.25) is 0 Å². The molecule has 3 aromatic heterocycles. The molecule has 0 aromatic carbocycles. The van der Waals surface area contributed by atoms with E-state index in [-0.39, 0.29) is 0 Å². The van der Waals surface area contributed by atoms with E-state index in [0.717, 1.165) is 34.2 Å². The summed E-state index contributed by atoms with van der Waals surface area (Å²) in [7, 11) is 0. The second kappa shape index (κ2) is 3.71. The van der Waals surface area contributed by atoms with Crippen LogP contribution < -0.4 is 5.73 Å². The summed E-state index contributed by atoms with van der Waals surface area (Å²) in [6.45, 7) is 4.62. The molecule has 0 spiro atoms. The maximum absolute atomic E-state index is 5.56. The fourth-order valence-corrected chi connectivity index (χ4v) is 2.04. The van der Waals surface area contributed by atoms with Gasteiger partial charge in [-0.25, -0.2) is 9.97 Å². The third-order valence-corrected chi connectivity index (χ3v) is 2.87. The quantitative estimate of drug-likeness (QED) is 0.715. The molecule has 3 aromatic rings. The van der Waals surface area contributed by atoms with Crippen molar-refractivity contribution >= 4 is 27.8 Å². The lowest BCUT2D eigenvalue weighted by Crippen LogP contribution is -2.03. The molecule has 3 heterocycles. The molecule has 17 heavy (non-hydrogen) atoms. The van der Waals surface area contributed by atoms with Crippen LogP contribution in [-0.2, 0) is 0 Å². The second-order valence-electron chi connectivity index (χ2n) is 3.95. The molecule has 0 aliphatic carbocycles. The highest BCUT2D eigenvalue weighted by molar-refractivity contribution is 6.02. The van der Waals surface area contributed by atoms with Crippen LogP contribution >= 0.6 is 0 Å². The first-order valence-corrected chi connectivity index (χ1v) is 5.48. The topological polar surface area (TPSA) is 72.5 Å². The SMILES string of the molecule is C=C(CCN)n1cnc2cnc3[nH]ccc3c21. The van der Waals surface area contributed by atoms with Crippen molar-refractivity contribution in [3.05, 3.63) is 31.4 Å². The standard InChI is InChI=1S/C12H13N5/c1-8(2-4-13)17-7-16-10-6-15-12-9(11(10)17)3-5-14-12/h3,5-7H,1-2,4,13H2,(H,14,15). The van der Waals surface area contributed by atoms with Gasteiger partial charge in [-0.1, -0.05) is 6.58 Å². The zero-order valence-corrected chi connectivity index (χ0v) is 9.35. The third-order valence-electron chi connectivity index (χ3n) is 2.87. The maximum Gasteiger partial charge on any atom is 0.139 e. The van der Waals surface area contributed by atoms with E-state index in [1.807, 2.05) is 16.8 Å². The van der Waals surface area contributed by atoms with Crippen LogP contribution in [0.3, 0.4) is 0 Å². The number of hydrogen-bond acceptors (Lipinski definition) is 3. The number of H-pyrrole nitrogens is 1. The first-order chi connectivity index (χ1) is 8.31. The summed E-state index contributed by atoms with van der Waals surface area (Å²) in [6, 6.07) is 2.00. The molecule has 3 rings (SSSR count). The Balaban J connectivity index is 2.31. The molecule has 86 valence electrons. The Kier molecular flexibility index (Phi) is 2.19. The lowest BCUT2D eigenvalue weighted by atomic mass is 10.2. The van der Waals surface area contributed by atoms with Crippen molar-refractivity contribution in [2.75, 3.05) is 6.54 Å². The highest BCUT2D eigenvalue weighted by Gasteiger charge is 2.10. The Bertz CT molecular complexity index is 691. The van der Waals surface area contributed by atoms with Crippen molar-refractivity contribution in [2.45, 2.75) is 6.42 Å². The average Bonchev–Trinajstić information content (AvgIpc) is 2.94. The summed E-state index contributed by atoms with van der Waals surface area (Å²) >= 11 is 0. The molecule has 0 unspecified atom stereocenters. The summed E-state index contributed by atoms with van der Waals surface area (Å²) in [5.41, 5.74) is 9.28. The van der Waals surface area contributed by atoms with Crippen molar-refractivity contribution in [3.63, 3.8) is 0 Å². The van der Waals surface area contributed by atoms with Gasteiger partial charge in [0.05, 0.1) is 11.7 Å². The van der Waals surface area contributed by atoms with Gasteiger partial charge >= 0.3 is 0 Å². The predicted molar refractivity (Wildman–Crippen MR) is 68.4 cm³/mol. The summed E-state index contributed by atoms with van der Waals surface area (Å²) in [5, 5.41) is 1.05. The maximum atomic E-state index is 5.56. The highest BCUT2D eigenvalue weighted by Crippen LogP contribution is 2.24. The first kappa shape index (κ1) is 10.0. The molecule has 0 fully saturated rings. The van der Waals surface area contributed by atoms with Crippen LogP contribution in [0.4, 0.5) is 0 Å². The molecule has 5 nitrogen and oxygen atoms in total. The largest absolute Gasteiger partial charge is 0.346 e. The number of pyridine rings is 1. The smallest absolute Gasteiger partial charge is 0.139 e. The van der Waals surface area contributed by atoms with Gasteiger partial charge in [-0.05, 0) is 19.0 Å². The van der Waals surface area contributed by atoms with Crippen LogP contribution in [0.5, 0.6) is 0 Å². The van der Waals surface area contributed by atoms with E-state index in [0.29, 0.717) is 6.54 Å². The van der Waals surface area contributed by atoms with Crippen molar-refractivity contribution < 1.29 is 0 Å². The van der Waals surface area contributed by atoms with Crippen LogP contribution in [0, 0.1) is 0 Å². The van der Waals surface area contributed by atoms with Gasteiger partial charge in [0, 0.05) is 17.3 Å². The molecule has 0 saturated carbocycles. The Labute approximate surface area is 98.0 Å². The van der Waals surface area contributed by atoms with E-state index in [9.17, 15) is 0 Å². The molecule has 0 radical (unpaired) electrons. The number of nitrogens with one attached hydrogen (secondary N) is 1. The average molecular weight is 227 g/mol. The summed E-state index contributed by atoms with van der Waals surface area (Å²) in [4.78, 5) is 11.7. The first-order valence-electron chi connectivity index (χ1n) is 5.48. The molecule has 3 N–H and O–H groups in total. The molecule has 0 saturated heterocycles. The van der Waals surface area contributed by atoms with Crippen LogP contribution in [0.15, 0.2) is 31.4 Å².